The van der Waals surface area contributed by atoms with Gasteiger partial charge in [-0.15, -0.1) is 0 Å². The third kappa shape index (κ3) is 3.41. The molecule has 0 spiro atoms. The second-order valence-corrected chi connectivity index (χ2v) is 4.40. The van der Waals surface area contributed by atoms with Gasteiger partial charge in [-0.05, 0) is 13.0 Å². The highest BCUT2D eigenvalue weighted by Gasteiger charge is 2.21. The molecule has 0 aliphatic rings. The molecule has 1 heterocycles. The first kappa shape index (κ1) is 15.1. The summed E-state index contributed by atoms with van der Waals surface area (Å²) in [5.74, 6) is -0.437. The van der Waals surface area contributed by atoms with Crippen LogP contribution in [-0.2, 0) is 16.1 Å². The molecule has 0 saturated heterocycles. The van der Waals surface area contributed by atoms with Crippen LogP contribution in [0.15, 0.2) is 28.7 Å². The summed E-state index contributed by atoms with van der Waals surface area (Å²) in [6.07, 6.45) is 0. The van der Waals surface area contributed by atoms with Crippen molar-refractivity contribution in [2.24, 2.45) is 0 Å². The zero-order chi connectivity index (χ0) is 15.2. The average molecular weight is 290 g/mol. The number of fused-ring (bicyclic) bond motifs is 1. The van der Waals surface area contributed by atoms with Gasteiger partial charge < -0.3 is 19.8 Å². The molecule has 0 aliphatic carbocycles. The first-order valence-electron chi connectivity index (χ1n) is 6.76. The number of esters is 1. The number of rotatable bonds is 6. The molecule has 0 saturated carbocycles. The number of benzene rings is 1. The Kier molecular flexibility index (Phi) is 4.94. The van der Waals surface area contributed by atoms with Crippen LogP contribution in [0.25, 0.3) is 11.0 Å². The normalized spacial score (nSPS) is 10.6. The number of nitrogens with one attached hydrogen (secondary N) is 2. The fourth-order valence-corrected chi connectivity index (χ4v) is 2.03. The molecule has 0 bridgehead atoms. The number of hydrogen-bond acceptors (Lipinski definition) is 5. The summed E-state index contributed by atoms with van der Waals surface area (Å²) in [5.41, 5.74) is 1.32. The molecule has 0 fully saturated rings. The maximum absolute atomic E-state index is 12.0. The summed E-state index contributed by atoms with van der Waals surface area (Å²) >= 11 is 0. The molecule has 0 unspecified atom stereocenters. The van der Waals surface area contributed by atoms with E-state index in [9.17, 15) is 9.59 Å². The van der Waals surface area contributed by atoms with Gasteiger partial charge in [0.2, 0.25) is 11.7 Å². The topological polar surface area (TPSA) is 80.6 Å². The van der Waals surface area contributed by atoms with Crippen molar-refractivity contribution in [2.75, 3.05) is 20.2 Å². The quantitative estimate of drug-likeness (QED) is 0.787. The Hall–Kier alpha value is -2.34. The lowest BCUT2D eigenvalue weighted by molar-refractivity contribution is -0.119. The van der Waals surface area contributed by atoms with Crippen LogP contribution in [0, 0.1) is 0 Å². The van der Waals surface area contributed by atoms with Crippen LogP contribution in [-0.4, -0.2) is 32.1 Å². The van der Waals surface area contributed by atoms with E-state index in [1.807, 2.05) is 18.2 Å². The molecule has 2 N–H and O–H groups in total. The molecule has 1 aromatic heterocycles. The van der Waals surface area contributed by atoms with Crippen molar-refractivity contribution in [3.63, 3.8) is 0 Å². The first-order chi connectivity index (χ1) is 10.2. The Labute approximate surface area is 122 Å². The molecule has 112 valence electrons. The summed E-state index contributed by atoms with van der Waals surface area (Å²) in [5, 5.41) is 6.35. The lowest BCUT2D eigenvalue weighted by Crippen LogP contribution is -2.31. The van der Waals surface area contributed by atoms with Crippen LogP contribution >= 0.6 is 0 Å². The summed E-state index contributed by atoms with van der Waals surface area (Å²) in [4.78, 5) is 23.2. The Bertz CT molecular complexity index is 648. The molecule has 0 aliphatic heterocycles. The molecule has 6 nitrogen and oxygen atoms in total. The standard InChI is InChI=1S/C15H18N2O4/c1-3-20-15(19)14-11(8-17-9-13(18)16-2)10-6-4-5-7-12(10)21-14/h4-7,17H,3,8-9H2,1-2H3,(H,16,18). The van der Waals surface area contributed by atoms with Crippen molar-refractivity contribution in [3.05, 3.63) is 35.6 Å². The summed E-state index contributed by atoms with van der Waals surface area (Å²) in [6.45, 7) is 2.53. The third-order valence-electron chi connectivity index (χ3n) is 3.03. The zero-order valence-corrected chi connectivity index (χ0v) is 12.1. The maximum Gasteiger partial charge on any atom is 0.374 e. The second-order valence-electron chi connectivity index (χ2n) is 4.40. The van der Waals surface area contributed by atoms with E-state index < -0.39 is 5.97 Å². The van der Waals surface area contributed by atoms with Gasteiger partial charge in [0.05, 0.1) is 13.2 Å². The van der Waals surface area contributed by atoms with Crippen molar-refractivity contribution in [3.8, 4) is 0 Å². The summed E-state index contributed by atoms with van der Waals surface area (Å²) < 4.78 is 10.6. The Morgan fingerprint density at radius 2 is 2.05 bits per heavy atom. The predicted octanol–water partition coefficient (Wildman–Crippen LogP) is 1.45. The van der Waals surface area contributed by atoms with Gasteiger partial charge in [0.25, 0.3) is 0 Å². The number of amides is 1. The minimum absolute atomic E-state index is 0.125. The highest BCUT2D eigenvalue weighted by atomic mass is 16.5. The minimum Gasteiger partial charge on any atom is -0.460 e. The molecule has 2 aromatic rings. The molecule has 2 rings (SSSR count). The zero-order valence-electron chi connectivity index (χ0n) is 12.1. The van der Waals surface area contributed by atoms with Gasteiger partial charge in [0.15, 0.2) is 0 Å². The van der Waals surface area contributed by atoms with Crippen molar-refractivity contribution in [1.82, 2.24) is 10.6 Å². The number of hydrogen-bond donors (Lipinski definition) is 2. The predicted molar refractivity (Wildman–Crippen MR) is 77.9 cm³/mol. The van der Waals surface area contributed by atoms with E-state index in [0.29, 0.717) is 17.7 Å². The minimum atomic E-state index is -0.495. The lowest BCUT2D eigenvalue weighted by Gasteiger charge is -2.05. The van der Waals surface area contributed by atoms with Crippen molar-refractivity contribution in [1.29, 1.82) is 0 Å². The van der Waals surface area contributed by atoms with Crippen LogP contribution in [0.3, 0.4) is 0 Å². The average Bonchev–Trinajstić information content (AvgIpc) is 2.86. The highest BCUT2D eigenvalue weighted by Crippen LogP contribution is 2.26. The molecule has 1 amide bonds. The number of carbonyl (C=O) groups is 2. The van der Waals surface area contributed by atoms with Crippen LogP contribution in [0.1, 0.15) is 23.0 Å². The largest absolute Gasteiger partial charge is 0.460 e. The third-order valence-corrected chi connectivity index (χ3v) is 3.03. The monoisotopic (exact) mass is 290 g/mol. The van der Waals surface area contributed by atoms with Gasteiger partial charge >= 0.3 is 5.97 Å². The van der Waals surface area contributed by atoms with E-state index in [4.69, 9.17) is 9.15 Å². The van der Waals surface area contributed by atoms with Crippen molar-refractivity contribution >= 4 is 22.8 Å². The molecular formula is C15H18N2O4. The number of ether oxygens (including phenoxy) is 1. The van der Waals surface area contributed by atoms with Gasteiger partial charge in [-0.25, -0.2) is 4.79 Å². The SMILES string of the molecule is CCOC(=O)c1oc2ccccc2c1CNCC(=O)NC. The van der Waals surface area contributed by atoms with E-state index >= 15 is 0 Å². The number of para-hydroxylation sites is 1. The van der Waals surface area contributed by atoms with Gasteiger partial charge in [-0.1, -0.05) is 18.2 Å². The number of carbonyl (C=O) groups excluding carboxylic acids is 2. The van der Waals surface area contributed by atoms with E-state index in [1.54, 1.807) is 20.0 Å². The van der Waals surface area contributed by atoms with E-state index in [2.05, 4.69) is 10.6 Å². The number of furan rings is 1. The Morgan fingerprint density at radius 3 is 2.76 bits per heavy atom. The molecule has 0 radical (unpaired) electrons. The lowest BCUT2D eigenvalue weighted by atomic mass is 10.1. The van der Waals surface area contributed by atoms with Gasteiger partial charge in [-0.2, -0.15) is 0 Å². The molecule has 0 atom stereocenters. The van der Waals surface area contributed by atoms with E-state index in [1.165, 1.54) is 0 Å². The fourth-order valence-electron chi connectivity index (χ4n) is 2.03. The van der Waals surface area contributed by atoms with Crippen LogP contribution in [0.2, 0.25) is 0 Å². The van der Waals surface area contributed by atoms with Crippen molar-refractivity contribution in [2.45, 2.75) is 13.5 Å². The fraction of sp³-hybridized carbons (Fsp3) is 0.333. The molecule has 1 aromatic carbocycles. The molecule has 21 heavy (non-hydrogen) atoms. The second kappa shape index (κ2) is 6.90. The number of likely N-dealkylation sites (N-methyl/N-ethyl adjacent to an activating group) is 1. The van der Waals surface area contributed by atoms with Crippen LogP contribution in [0.5, 0.6) is 0 Å². The van der Waals surface area contributed by atoms with E-state index in [0.717, 1.165) is 5.39 Å². The smallest absolute Gasteiger partial charge is 0.374 e. The van der Waals surface area contributed by atoms with Crippen LogP contribution < -0.4 is 10.6 Å². The maximum atomic E-state index is 12.0. The Balaban J connectivity index is 2.27. The van der Waals surface area contributed by atoms with Gasteiger partial charge in [-0.3, -0.25) is 4.79 Å². The Morgan fingerprint density at radius 1 is 1.29 bits per heavy atom. The summed E-state index contributed by atoms with van der Waals surface area (Å²) in [7, 11) is 1.57. The van der Waals surface area contributed by atoms with Gasteiger partial charge in [0.1, 0.15) is 5.58 Å². The molecule has 6 heteroatoms. The van der Waals surface area contributed by atoms with Crippen LogP contribution in [0.4, 0.5) is 0 Å². The molecular weight excluding hydrogens is 272 g/mol. The van der Waals surface area contributed by atoms with Crippen molar-refractivity contribution < 1.29 is 18.7 Å². The highest BCUT2D eigenvalue weighted by molar-refractivity contribution is 5.96. The summed E-state index contributed by atoms with van der Waals surface area (Å²) in [6, 6.07) is 7.37. The van der Waals surface area contributed by atoms with Gasteiger partial charge in [0, 0.05) is 24.5 Å². The van der Waals surface area contributed by atoms with E-state index in [-0.39, 0.29) is 24.8 Å². The first-order valence-corrected chi connectivity index (χ1v) is 6.76.